The Morgan fingerprint density at radius 2 is 1.77 bits per heavy atom. The Kier molecular flexibility index (Phi) is 8.57. The lowest BCUT2D eigenvalue weighted by molar-refractivity contribution is -0.129. The van der Waals surface area contributed by atoms with Gasteiger partial charge in [-0.3, -0.25) is 14.4 Å². The molecule has 3 aromatic heterocycles. The summed E-state index contributed by atoms with van der Waals surface area (Å²) in [7, 11) is 3.36. The van der Waals surface area contributed by atoms with Crippen molar-refractivity contribution in [2.75, 3.05) is 13.6 Å². The Bertz CT molecular complexity index is 1570. The van der Waals surface area contributed by atoms with Gasteiger partial charge in [0.2, 0.25) is 11.7 Å². The van der Waals surface area contributed by atoms with E-state index in [-0.39, 0.29) is 30.2 Å². The van der Waals surface area contributed by atoms with Gasteiger partial charge in [0.1, 0.15) is 0 Å². The topological polar surface area (TPSA) is 106 Å². The third kappa shape index (κ3) is 6.01. The molecular formula is C30H35N7O3. The summed E-state index contributed by atoms with van der Waals surface area (Å²) in [6.07, 6.45) is 6.39. The molecule has 0 N–H and O–H groups in total. The number of hydrogen-bond acceptors (Lipinski definition) is 6. The molecule has 1 aromatic carbocycles. The van der Waals surface area contributed by atoms with Crippen molar-refractivity contribution in [2.24, 2.45) is 7.05 Å². The molecule has 2 amide bonds. The molecule has 1 unspecified atom stereocenters. The number of likely N-dealkylation sites (N-methyl/N-ethyl adjacent to an activating group) is 1. The lowest BCUT2D eigenvalue weighted by atomic mass is 10.0. The van der Waals surface area contributed by atoms with Crippen LogP contribution in [0.1, 0.15) is 71.1 Å². The molecule has 0 spiro atoms. The fraction of sp³-hybridized carbons (Fsp3) is 0.333. The summed E-state index contributed by atoms with van der Waals surface area (Å²) in [5.41, 5.74) is 4.31. The van der Waals surface area contributed by atoms with Gasteiger partial charge in [-0.2, -0.15) is 4.80 Å². The number of nitrogens with zero attached hydrogens (tertiary/aromatic N) is 7. The molecule has 0 aliphatic carbocycles. The van der Waals surface area contributed by atoms with E-state index < -0.39 is 0 Å². The molecule has 1 atom stereocenters. The number of rotatable bonds is 10. The van der Waals surface area contributed by atoms with Gasteiger partial charge in [-0.25, -0.2) is 0 Å². The van der Waals surface area contributed by atoms with E-state index in [1.54, 1.807) is 44.2 Å². The van der Waals surface area contributed by atoms with E-state index in [4.69, 9.17) is 0 Å². The second-order valence-electron chi connectivity index (χ2n) is 9.79. The zero-order valence-electron chi connectivity index (χ0n) is 23.8. The van der Waals surface area contributed by atoms with Gasteiger partial charge in [0.25, 0.3) is 5.91 Å². The van der Waals surface area contributed by atoms with Gasteiger partial charge >= 0.3 is 0 Å². The molecule has 3 heterocycles. The molecule has 0 fully saturated rings. The van der Waals surface area contributed by atoms with Crippen LogP contribution in [0.3, 0.4) is 0 Å². The van der Waals surface area contributed by atoms with Crippen molar-refractivity contribution >= 4 is 29.2 Å². The van der Waals surface area contributed by atoms with Gasteiger partial charge in [0.15, 0.2) is 5.82 Å². The number of tetrazole rings is 1. The van der Waals surface area contributed by atoms with Crippen LogP contribution < -0.4 is 0 Å². The van der Waals surface area contributed by atoms with Crippen LogP contribution in [-0.4, -0.2) is 71.6 Å². The van der Waals surface area contributed by atoms with Crippen LogP contribution >= 0.6 is 0 Å². The van der Waals surface area contributed by atoms with Gasteiger partial charge in [0, 0.05) is 49.4 Å². The van der Waals surface area contributed by atoms with Crippen LogP contribution in [0.2, 0.25) is 0 Å². The second-order valence-corrected chi connectivity index (χ2v) is 9.79. The minimum atomic E-state index is -0.176. The summed E-state index contributed by atoms with van der Waals surface area (Å²) in [6, 6.07) is 12.9. The highest BCUT2D eigenvalue weighted by atomic mass is 16.2. The highest BCUT2D eigenvalue weighted by molar-refractivity contribution is 6.10. The van der Waals surface area contributed by atoms with Gasteiger partial charge in [-0.05, 0) is 54.8 Å². The smallest absolute Gasteiger partial charge is 0.254 e. The number of ketones is 1. The van der Waals surface area contributed by atoms with E-state index in [0.29, 0.717) is 35.6 Å². The highest BCUT2D eigenvalue weighted by Gasteiger charge is 2.21. The zero-order valence-corrected chi connectivity index (χ0v) is 23.8. The number of pyridine rings is 1. The number of amides is 2. The largest absolute Gasteiger partial charge is 0.337 e. The van der Waals surface area contributed by atoms with Crippen LogP contribution in [0.5, 0.6) is 0 Å². The van der Waals surface area contributed by atoms with E-state index in [2.05, 4.69) is 15.4 Å². The van der Waals surface area contributed by atoms with Crippen molar-refractivity contribution in [3.63, 3.8) is 0 Å². The first kappa shape index (κ1) is 28.4. The number of benzene rings is 1. The van der Waals surface area contributed by atoms with Gasteiger partial charge in [-0.15, -0.1) is 10.2 Å². The van der Waals surface area contributed by atoms with E-state index in [1.165, 1.54) is 9.70 Å². The minimum Gasteiger partial charge on any atom is -0.337 e. The molecule has 0 radical (unpaired) electrons. The van der Waals surface area contributed by atoms with Crippen molar-refractivity contribution in [1.29, 1.82) is 0 Å². The molecule has 10 heteroatoms. The van der Waals surface area contributed by atoms with Crippen LogP contribution in [0.15, 0.2) is 54.7 Å². The van der Waals surface area contributed by atoms with Crippen LogP contribution in [0.4, 0.5) is 0 Å². The Labute approximate surface area is 233 Å². The minimum absolute atomic E-state index is 0.0248. The maximum absolute atomic E-state index is 13.6. The van der Waals surface area contributed by atoms with E-state index in [1.807, 2.05) is 67.7 Å². The van der Waals surface area contributed by atoms with Crippen molar-refractivity contribution in [1.82, 2.24) is 34.4 Å². The van der Waals surface area contributed by atoms with Crippen molar-refractivity contribution in [3.05, 3.63) is 88.5 Å². The Morgan fingerprint density at radius 3 is 2.38 bits per heavy atom. The van der Waals surface area contributed by atoms with Crippen LogP contribution in [0, 0.1) is 0 Å². The highest BCUT2D eigenvalue weighted by Crippen LogP contribution is 2.23. The SMILES string of the molecule is CCc1cc2cc(C(=O)N(C)Cc3nnn(C)n3)ccn2c1C(=O)c1ccc(/C=C/C(C)N(CC)C(C)=O)cc1. The first-order valence-corrected chi connectivity index (χ1v) is 13.3. The molecule has 10 nitrogen and oxygen atoms in total. The second kappa shape index (κ2) is 12.1. The third-order valence-corrected chi connectivity index (χ3v) is 6.95. The standard InChI is InChI=1S/C30H35N7O3/c1-7-23-17-26-18-25(30(40)34(5)19-27-31-33-35(6)32-27)15-16-37(26)28(23)29(39)24-13-11-22(12-14-24)10-9-20(3)36(8-2)21(4)38/h9-18,20H,7-8,19H2,1-6H3/b10-9+. The van der Waals surface area contributed by atoms with Crippen molar-refractivity contribution in [3.8, 4) is 0 Å². The number of aromatic nitrogens is 5. The fourth-order valence-corrected chi connectivity index (χ4v) is 4.82. The zero-order chi connectivity index (χ0) is 29.0. The maximum Gasteiger partial charge on any atom is 0.254 e. The molecule has 0 aliphatic rings. The Balaban J connectivity index is 1.55. The molecule has 4 rings (SSSR count). The first-order valence-electron chi connectivity index (χ1n) is 13.3. The summed E-state index contributed by atoms with van der Waals surface area (Å²) >= 11 is 0. The fourth-order valence-electron chi connectivity index (χ4n) is 4.82. The summed E-state index contributed by atoms with van der Waals surface area (Å²) in [6.45, 7) is 8.40. The molecule has 0 bridgehead atoms. The Morgan fingerprint density at radius 1 is 1.05 bits per heavy atom. The molecule has 4 aromatic rings. The number of carbonyl (C=O) groups is 3. The van der Waals surface area contributed by atoms with E-state index >= 15 is 0 Å². The normalized spacial score (nSPS) is 12.2. The summed E-state index contributed by atoms with van der Waals surface area (Å²) in [5.74, 6) is 0.234. The van der Waals surface area contributed by atoms with Gasteiger partial charge in [0.05, 0.1) is 19.3 Å². The molecule has 208 valence electrons. The van der Waals surface area contributed by atoms with E-state index in [9.17, 15) is 14.4 Å². The molecule has 0 saturated carbocycles. The average molecular weight is 542 g/mol. The quantitative estimate of drug-likeness (QED) is 0.283. The molecule has 0 saturated heterocycles. The van der Waals surface area contributed by atoms with Gasteiger partial charge in [-0.1, -0.05) is 43.3 Å². The maximum atomic E-state index is 13.6. The summed E-state index contributed by atoms with van der Waals surface area (Å²) in [5, 5.41) is 11.9. The predicted molar refractivity (Wildman–Crippen MR) is 153 cm³/mol. The molecule has 0 aliphatic heterocycles. The average Bonchev–Trinajstić information content (AvgIpc) is 3.53. The molecule has 40 heavy (non-hydrogen) atoms. The summed E-state index contributed by atoms with van der Waals surface area (Å²) in [4.78, 5) is 43.2. The van der Waals surface area contributed by atoms with Crippen molar-refractivity contribution < 1.29 is 14.4 Å². The lowest BCUT2D eigenvalue weighted by Gasteiger charge is -2.24. The van der Waals surface area contributed by atoms with Gasteiger partial charge < -0.3 is 14.2 Å². The monoisotopic (exact) mass is 541 g/mol. The van der Waals surface area contributed by atoms with Crippen LogP contribution in [0.25, 0.3) is 11.6 Å². The predicted octanol–water partition coefficient (Wildman–Crippen LogP) is 3.80. The Hall–Kier alpha value is -4.60. The van der Waals surface area contributed by atoms with E-state index in [0.717, 1.165) is 16.6 Å². The third-order valence-electron chi connectivity index (χ3n) is 6.95. The lowest BCUT2D eigenvalue weighted by Crippen LogP contribution is -2.35. The van der Waals surface area contributed by atoms with Crippen LogP contribution in [-0.2, 0) is 24.8 Å². The summed E-state index contributed by atoms with van der Waals surface area (Å²) < 4.78 is 1.85. The van der Waals surface area contributed by atoms with Crippen molar-refractivity contribution in [2.45, 2.75) is 46.7 Å². The first-order chi connectivity index (χ1) is 19.1. The molecular weight excluding hydrogens is 506 g/mol. The number of carbonyl (C=O) groups excluding carboxylic acids is 3. The number of hydrogen-bond donors (Lipinski definition) is 0. The number of fused-ring (bicyclic) bond motifs is 1. The number of aryl methyl sites for hydroxylation is 2.